The van der Waals surface area contributed by atoms with Crippen molar-refractivity contribution in [3.8, 4) is 11.5 Å². The molecule has 0 amide bonds. The van der Waals surface area contributed by atoms with Crippen molar-refractivity contribution >= 4 is 38.5 Å². The van der Waals surface area contributed by atoms with Gasteiger partial charge in [0.25, 0.3) is 0 Å². The monoisotopic (exact) mass is 445 g/mol. The molecule has 2 rings (SSSR count). The Labute approximate surface area is 142 Å². The molecule has 0 aliphatic carbocycles. The van der Waals surface area contributed by atoms with E-state index in [-0.39, 0.29) is 0 Å². The highest BCUT2D eigenvalue weighted by Crippen LogP contribution is 2.27. The van der Waals surface area contributed by atoms with Crippen molar-refractivity contribution in [3.05, 3.63) is 56.1 Å². The van der Waals surface area contributed by atoms with E-state index in [9.17, 15) is 0 Å². The van der Waals surface area contributed by atoms with Gasteiger partial charge in [-0.05, 0) is 77.5 Å². The van der Waals surface area contributed by atoms with Gasteiger partial charge in [-0.15, -0.1) is 0 Å². The molecule has 0 atom stereocenters. The van der Waals surface area contributed by atoms with Crippen LogP contribution in [0.25, 0.3) is 0 Å². The zero-order valence-electron chi connectivity index (χ0n) is 11.3. The van der Waals surface area contributed by atoms with Gasteiger partial charge in [-0.25, -0.2) is 0 Å². The quantitative estimate of drug-likeness (QED) is 0.478. The van der Waals surface area contributed by atoms with Gasteiger partial charge in [0.15, 0.2) is 0 Å². The van der Waals surface area contributed by atoms with Crippen molar-refractivity contribution in [2.45, 2.75) is 19.9 Å². The summed E-state index contributed by atoms with van der Waals surface area (Å²) in [5, 5.41) is 3.40. The minimum absolute atomic E-state index is 0.845. The van der Waals surface area contributed by atoms with Crippen LogP contribution >= 0.6 is 38.5 Å². The van der Waals surface area contributed by atoms with E-state index < -0.39 is 0 Å². The summed E-state index contributed by atoms with van der Waals surface area (Å²) in [7, 11) is 0. The van der Waals surface area contributed by atoms with E-state index in [1.54, 1.807) is 0 Å². The summed E-state index contributed by atoms with van der Waals surface area (Å²) in [5.74, 6) is 1.70. The van der Waals surface area contributed by atoms with E-state index in [0.717, 1.165) is 35.5 Å². The molecule has 0 unspecified atom stereocenters. The third-order valence-electron chi connectivity index (χ3n) is 2.82. The van der Waals surface area contributed by atoms with Gasteiger partial charge in [-0.2, -0.15) is 0 Å². The van der Waals surface area contributed by atoms with E-state index >= 15 is 0 Å². The number of ether oxygens (including phenoxy) is 1. The number of hydrogen-bond acceptors (Lipinski definition) is 2. The first-order valence-corrected chi connectivity index (χ1v) is 8.49. The van der Waals surface area contributed by atoms with Crippen LogP contribution in [0.2, 0.25) is 0 Å². The molecular weight excluding hydrogens is 429 g/mol. The van der Waals surface area contributed by atoms with Crippen LogP contribution in [0.15, 0.2) is 46.9 Å². The fourth-order valence-corrected chi connectivity index (χ4v) is 2.63. The highest BCUT2D eigenvalue weighted by Gasteiger charge is 2.03. The molecular formula is C16H17BrINO. The van der Waals surface area contributed by atoms with Crippen LogP contribution in [-0.2, 0) is 6.54 Å². The molecule has 0 fully saturated rings. The van der Waals surface area contributed by atoms with Gasteiger partial charge in [-0.1, -0.05) is 28.9 Å². The van der Waals surface area contributed by atoms with E-state index in [0.29, 0.717) is 0 Å². The van der Waals surface area contributed by atoms with Crippen molar-refractivity contribution in [3.63, 3.8) is 0 Å². The lowest BCUT2D eigenvalue weighted by atomic mass is 10.2. The minimum Gasteiger partial charge on any atom is -0.457 e. The molecule has 0 radical (unpaired) electrons. The lowest BCUT2D eigenvalue weighted by molar-refractivity contribution is 0.482. The van der Waals surface area contributed by atoms with Crippen LogP contribution in [0.1, 0.15) is 18.9 Å². The molecule has 0 spiro atoms. The van der Waals surface area contributed by atoms with Crippen molar-refractivity contribution in [2.24, 2.45) is 0 Å². The fraction of sp³-hybridized carbons (Fsp3) is 0.250. The first-order chi connectivity index (χ1) is 9.69. The zero-order valence-corrected chi connectivity index (χ0v) is 15.1. The molecule has 0 heterocycles. The summed E-state index contributed by atoms with van der Waals surface area (Å²) in [6, 6.07) is 14.1. The number of hydrogen-bond donors (Lipinski definition) is 1. The molecule has 2 nitrogen and oxygen atoms in total. The second-order valence-corrected chi connectivity index (χ2v) is 6.59. The number of benzene rings is 2. The van der Waals surface area contributed by atoms with Gasteiger partial charge >= 0.3 is 0 Å². The van der Waals surface area contributed by atoms with E-state index in [4.69, 9.17) is 4.74 Å². The average Bonchev–Trinajstić information content (AvgIpc) is 2.44. The van der Waals surface area contributed by atoms with Gasteiger partial charge in [0.1, 0.15) is 11.5 Å². The number of rotatable bonds is 6. The van der Waals surface area contributed by atoms with Crippen LogP contribution in [0.3, 0.4) is 0 Å². The van der Waals surface area contributed by atoms with Gasteiger partial charge in [-0.3, -0.25) is 0 Å². The third kappa shape index (κ3) is 4.75. The highest BCUT2D eigenvalue weighted by molar-refractivity contribution is 14.1. The normalized spacial score (nSPS) is 10.6. The smallest absolute Gasteiger partial charge is 0.128 e. The Bertz CT molecular complexity index is 557. The molecule has 2 aromatic carbocycles. The largest absolute Gasteiger partial charge is 0.457 e. The molecule has 4 heteroatoms. The van der Waals surface area contributed by atoms with Crippen molar-refractivity contribution in [1.82, 2.24) is 5.32 Å². The van der Waals surface area contributed by atoms with Gasteiger partial charge in [0.2, 0.25) is 0 Å². The molecule has 0 aliphatic rings. The second kappa shape index (κ2) is 8.00. The fourth-order valence-electron chi connectivity index (χ4n) is 1.77. The van der Waals surface area contributed by atoms with Crippen molar-refractivity contribution in [2.75, 3.05) is 6.54 Å². The van der Waals surface area contributed by atoms with Crippen LogP contribution in [-0.4, -0.2) is 6.54 Å². The number of halogens is 2. The Morgan fingerprint density at radius 1 is 1.10 bits per heavy atom. The predicted octanol–water partition coefficient (Wildman–Crippen LogP) is 5.35. The first-order valence-electron chi connectivity index (χ1n) is 6.61. The van der Waals surface area contributed by atoms with Gasteiger partial charge < -0.3 is 10.1 Å². The molecule has 2 aromatic rings. The second-order valence-electron chi connectivity index (χ2n) is 4.49. The standard InChI is InChI=1S/C16H17BrINO/c1-2-9-19-11-12-3-6-15(10-16(12)17)20-14-7-4-13(18)5-8-14/h3-8,10,19H,2,9,11H2,1H3. The maximum absolute atomic E-state index is 5.84. The molecule has 0 aromatic heterocycles. The summed E-state index contributed by atoms with van der Waals surface area (Å²) >= 11 is 5.89. The van der Waals surface area contributed by atoms with Crippen LogP contribution < -0.4 is 10.1 Å². The van der Waals surface area contributed by atoms with Gasteiger partial charge in [0, 0.05) is 14.6 Å². The zero-order chi connectivity index (χ0) is 14.4. The molecule has 106 valence electrons. The summed E-state index contributed by atoms with van der Waals surface area (Å²) in [4.78, 5) is 0. The highest BCUT2D eigenvalue weighted by atomic mass is 127. The third-order valence-corrected chi connectivity index (χ3v) is 4.27. The Hall–Kier alpha value is -0.590. The summed E-state index contributed by atoms with van der Waals surface area (Å²) in [6.07, 6.45) is 1.14. The molecule has 0 saturated carbocycles. The maximum atomic E-state index is 5.84. The summed E-state index contributed by atoms with van der Waals surface area (Å²) < 4.78 is 8.12. The molecule has 20 heavy (non-hydrogen) atoms. The Morgan fingerprint density at radius 3 is 2.45 bits per heavy atom. The topological polar surface area (TPSA) is 21.3 Å². The molecule has 0 bridgehead atoms. The average molecular weight is 446 g/mol. The minimum atomic E-state index is 0.845. The van der Waals surface area contributed by atoms with Crippen molar-refractivity contribution < 1.29 is 4.74 Å². The summed E-state index contributed by atoms with van der Waals surface area (Å²) in [5.41, 5.74) is 1.24. The maximum Gasteiger partial charge on any atom is 0.128 e. The van der Waals surface area contributed by atoms with Gasteiger partial charge in [0.05, 0.1) is 0 Å². The number of nitrogens with one attached hydrogen (secondary N) is 1. The Kier molecular flexibility index (Phi) is 6.32. The van der Waals surface area contributed by atoms with Crippen LogP contribution in [0.4, 0.5) is 0 Å². The lowest BCUT2D eigenvalue weighted by Crippen LogP contribution is -2.14. The Balaban J connectivity index is 2.03. The summed E-state index contributed by atoms with van der Waals surface area (Å²) in [6.45, 7) is 4.07. The molecule has 0 saturated heterocycles. The van der Waals surface area contributed by atoms with E-state index in [1.165, 1.54) is 9.13 Å². The molecule has 0 aliphatic heterocycles. The van der Waals surface area contributed by atoms with E-state index in [2.05, 4.69) is 56.8 Å². The van der Waals surface area contributed by atoms with E-state index in [1.807, 2.05) is 36.4 Å². The predicted molar refractivity (Wildman–Crippen MR) is 95.4 cm³/mol. The molecule has 1 N–H and O–H groups in total. The van der Waals surface area contributed by atoms with Crippen LogP contribution in [0.5, 0.6) is 11.5 Å². The van der Waals surface area contributed by atoms with Crippen LogP contribution in [0, 0.1) is 3.57 Å². The van der Waals surface area contributed by atoms with Crippen molar-refractivity contribution in [1.29, 1.82) is 0 Å². The lowest BCUT2D eigenvalue weighted by Gasteiger charge is -2.10. The Morgan fingerprint density at radius 2 is 1.80 bits per heavy atom. The first kappa shape index (κ1) is 15.8. The SMILES string of the molecule is CCCNCc1ccc(Oc2ccc(I)cc2)cc1Br.